The number of ether oxygens (including phenoxy) is 1. The first-order chi connectivity index (χ1) is 8.79. The summed E-state index contributed by atoms with van der Waals surface area (Å²) in [7, 11) is 0. The second-order valence-electron chi connectivity index (χ2n) is 4.48. The Morgan fingerprint density at radius 1 is 1.56 bits per heavy atom. The predicted octanol–water partition coefficient (Wildman–Crippen LogP) is 1.57. The zero-order chi connectivity index (χ0) is 12.8. The molecule has 1 fully saturated rings. The van der Waals surface area contributed by atoms with E-state index in [0.29, 0.717) is 12.2 Å². The Labute approximate surface area is 108 Å². The SMILES string of the molecule is CCOc1cccc(C(=O)NC2CCCNC2)c1. The van der Waals surface area contributed by atoms with E-state index in [1.165, 1.54) is 0 Å². The van der Waals surface area contributed by atoms with Crippen LogP contribution in [0.15, 0.2) is 24.3 Å². The van der Waals surface area contributed by atoms with Gasteiger partial charge in [-0.25, -0.2) is 0 Å². The minimum absolute atomic E-state index is 0.0229. The van der Waals surface area contributed by atoms with Crippen LogP contribution in [-0.4, -0.2) is 31.6 Å². The topological polar surface area (TPSA) is 50.4 Å². The van der Waals surface area contributed by atoms with Gasteiger partial charge in [-0.15, -0.1) is 0 Å². The van der Waals surface area contributed by atoms with Gasteiger partial charge in [0.05, 0.1) is 6.61 Å². The standard InChI is InChI=1S/C14H20N2O2/c1-2-18-13-7-3-5-11(9-13)14(17)16-12-6-4-8-15-10-12/h3,5,7,9,12,15H,2,4,6,8,10H2,1H3,(H,16,17). The lowest BCUT2D eigenvalue weighted by Crippen LogP contribution is -2.45. The molecule has 1 saturated heterocycles. The van der Waals surface area contributed by atoms with Gasteiger partial charge in [-0.1, -0.05) is 6.07 Å². The average Bonchev–Trinajstić information content (AvgIpc) is 2.40. The van der Waals surface area contributed by atoms with Gasteiger partial charge in [-0.3, -0.25) is 4.79 Å². The van der Waals surface area contributed by atoms with E-state index >= 15 is 0 Å². The maximum Gasteiger partial charge on any atom is 0.251 e. The summed E-state index contributed by atoms with van der Waals surface area (Å²) in [5.41, 5.74) is 0.659. The van der Waals surface area contributed by atoms with Gasteiger partial charge in [-0.2, -0.15) is 0 Å². The molecule has 18 heavy (non-hydrogen) atoms. The molecule has 0 spiro atoms. The van der Waals surface area contributed by atoms with Crippen LogP contribution in [0.4, 0.5) is 0 Å². The maximum absolute atomic E-state index is 12.1. The number of nitrogens with one attached hydrogen (secondary N) is 2. The lowest BCUT2D eigenvalue weighted by molar-refractivity contribution is 0.0930. The molecule has 4 nitrogen and oxygen atoms in total. The van der Waals surface area contributed by atoms with Crippen molar-refractivity contribution in [2.45, 2.75) is 25.8 Å². The first-order valence-electron chi connectivity index (χ1n) is 6.54. The third kappa shape index (κ3) is 3.47. The van der Waals surface area contributed by atoms with Crippen LogP contribution in [0.25, 0.3) is 0 Å². The van der Waals surface area contributed by atoms with Crippen LogP contribution in [0.3, 0.4) is 0 Å². The maximum atomic E-state index is 12.1. The van der Waals surface area contributed by atoms with Gasteiger partial charge >= 0.3 is 0 Å². The van der Waals surface area contributed by atoms with Crippen LogP contribution >= 0.6 is 0 Å². The molecule has 0 radical (unpaired) electrons. The van der Waals surface area contributed by atoms with Gasteiger partial charge in [0, 0.05) is 18.2 Å². The van der Waals surface area contributed by atoms with E-state index in [4.69, 9.17) is 4.74 Å². The molecule has 1 aromatic carbocycles. The van der Waals surface area contributed by atoms with Crippen LogP contribution in [0.1, 0.15) is 30.1 Å². The largest absolute Gasteiger partial charge is 0.494 e. The number of benzene rings is 1. The van der Waals surface area contributed by atoms with Crippen LogP contribution in [0.2, 0.25) is 0 Å². The van der Waals surface area contributed by atoms with Gasteiger partial charge in [0.1, 0.15) is 5.75 Å². The molecule has 1 aliphatic rings. The Hall–Kier alpha value is -1.55. The zero-order valence-electron chi connectivity index (χ0n) is 10.7. The molecule has 0 bridgehead atoms. The molecule has 1 heterocycles. The summed E-state index contributed by atoms with van der Waals surface area (Å²) >= 11 is 0. The molecule has 1 aromatic rings. The third-order valence-corrected chi connectivity index (χ3v) is 3.04. The molecule has 2 rings (SSSR count). The van der Waals surface area contributed by atoms with E-state index in [2.05, 4.69) is 10.6 Å². The summed E-state index contributed by atoms with van der Waals surface area (Å²) in [6.07, 6.45) is 2.16. The van der Waals surface area contributed by atoms with Crippen molar-refractivity contribution >= 4 is 5.91 Å². The molecule has 1 atom stereocenters. The van der Waals surface area contributed by atoms with Gasteiger partial charge in [-0.05, 0) is 44.5 Å². The van der Waals surface area contributed by atoms with E-state index in [1.807, 2.05) is 25.1 Å². The van der Waals surface area contributed by atoms with Crippen LogP contribution in [0.5, 0.6) is 5.75 Å². The van der Waals surface area contributed by atoms with Crippen molar-refractivity contribution in [3.63, 3.8) is 0 Å². The van der Waals surface area contributed by atoms with Crippen molar-refractivity contribution < 1.29 is 9.53 Å². The minimum atomic E-state index is -0.0229. The first kappa shape index (κ1) is 12.9. The van der Waals surface area contributed by atoms with Crippen molar-refractivity contribution in [3.05, 3.63) is 29.8 Å². The van der Waals surface area contributed by atoms with Crippen molar-refractivity contribution in [1.29, 1.82) is 0 Å². The number of carbonyl (C=O) groups is 1. The van der Waals surface area contributed by atoms with Crippen molar-refractivity contribution in [2.75, 3.05) is 19.7 Å². The Morgan fingerprint density at radius 3 is 3.17 bits per heavy atom. The number of hydrogen-bond acceptors (Lipinski definition) is 3. The second-order valence-corrected chi connectivity index (χ2v) is 4.48. The van der Waals surface area contributed by atoms with Crippen molar-refractivity contribution in [3.8, 4) is 5.75 Å². The number of amides is 1. The van der Waals surface area contributed by atoms with Crippen molar-refractivity contribution in [1.82, 2.24) is 10.6 Å². The fourth-order valence-electron chi connectivity index (χ4n) is 2.14. The highest BCUT2D eigenvalue weighted by atomic mass is 16.5. The van der Waals surface area contributed by atoms with E-state index in [0.717, 1.165) is 31.7 Å². The molecule has 1 unspecified atom stereocenters. The molecule has 1 amide bonds. The Kier molecular flexibility index (Phi) is 4.59. The van der Waals surface area contributed by atoms with Gasteiger partial charge in [0.15, 0.2) is 0 Å². The number of piperidine rings is 1. The smallest absolute Gasteiger partial charge is 0.251 e. The van der Waals surface area contributed by atoms with E-state index in [-0.39, 0.29) is 11.9 Å². The lowest BCUT2D eigenvalue weighted by Gasteiger charge is -2.23. The second kappa shape index (κ2) is 6.40. The number of carbonyl (C=O) groups excluding carboxylic acids is 1. The predicted molar refractivity (Wildman–Crippen MR) is 71.0 cm³/mol. The highest BCUT2D eigenvalue weighted by Crippen LogP contribution is 2.13. The third-order valence-electron chi connectivity index (χ3n) is 3.04. The molecular formula is C14H20N2O2. The molecule has 0 saturated carbocycles. The van der Waals surface area contributed by atoms with Crippen LogP contribution < -0.4 is 15.4 Å². The molecular weight excluding hydrogens is 228 g/mol. The Balaban J connectivity index is 1.96. The number of hydrogen-bond donors (Lipinski definition) is 2. The van der Waals surface area contributed by atoms with Gasteiger partial charge in [0.2, 0.25) is 0 Å². The molecule has 98 valence electrons. The molecule has 0 aromatic heterocycles. The summed E-state index contributed by atoms with van der Waals surface area (Å²) in [4.78, 5) is 12.1. The fraction of sp³-hybridized carbons (Fsp3) is 0.500. The minimum Gasteiger partial charge on any atom is -0.494 e. The van der Waals surface area contributed by atoms with Crippen LogP contribution in [-0.2, 0) is 0 Å². The van der Waals surface area contributed by atoms with E-state index < -0.39 is 0 Å². The summed E-state index contributed by atoms with van der Waals surface area (Å²) in [6.45, 7) is 4.45. The highest BCUT2D eigenvalue weighted by Gasteiger charge is 2.16. The Bertz CT molecular complexity index is 401. The number of rotatable bonds is 4. The molecule has 2 N–H and O–H groups in total. The van der Waals surface area contributed by atoms with Gasteiger partial charge < -0.3 is 15.4 Å². The normalized spacial score (nSPS) is 19.3. The monoisotopic (exact) mass is 248 g/mol. The highest BCUT2D eigenvalue weighted by molar-refractivity contribution is 5.94. The molecule has 4 heteroatoms. The van der Waals surface area contributed by atoms with Gasteiger partial charge in [0.25, 0.3) is 5.91 Å². The van der Waals surface area contributed by atoms with Crippen LogP contribution in [0, 0.1) is 0 Å². The summed E-state index contributed by atoms with van der Waals surface area (Å²) in [5.74, 6) is 0.720. The summed E-state index contributed by atoms with van der Waals surface area (Å²) < 4.78 is 5.39. The average molecular weight is 248 g/mol. The molecule has 0 aliphatic carbocycles. The summed E-state index contributed by atoms with van der Waals surface area (Å²) in [6, 6.07) is 7.55. The summed E-state index contributed by atoms with van der Waals surface area (Å²) in [5, 5.41) is 6.33. The lowest BCUT2D eigenvalue weighted by atomic mass is 10.1. The Morgan fingerprint density at radius 2 is 2.44 bits per heavy atom. The van der Waals surface area contributed by atoms with E-state index in [1.54, 1.807) is 6.07 Å². The quantitative estimate of drug-likeness (QED) is 0.850. The first-order valence-corrected chi connectivity index (χ1v) is 6.54. The fourth-order valence-corrected chi connectivity index (χ4v) is 2.14. The van der Waals surface area contributed by atoms with E-state index in [9.17, 15) is 4.79 Å². The molecule has 1 aliphatic heterocycles. The zero-order valence-corrected chi connectivity index (χ0v) is 10.7. The van der Waals surface area contributed by atoms with Crippen molar-refractivity contribution in [2.24, 2.45) is 0 Å².